The number of carboxylic acids is 1. The van der Waals surface area contributed by atoms with Crippen LogP contribution < -0.4 is 5.69 Å². The summed E-state index contributed by atoms with van der Waals surface area (Å²) in [5, 5.41) is 8.95. The summed E-state index contributed by atoms with van der Waals surface area (Å²) in [7, 11) is 0. The number of H-pyrrole nitrogens is 1. The third-order valence-corrected chi connectivity index (χ3v) is 3.07. The van der Waals surface area contributed by atoms with E-state index in [1.807, 2.05) is 12.1 Å². The van der Waals surface area contributed by atoms with Crippen molar-refractivity contribution in [2.45, 2.75) is 6.54 Å². The Morgan fingerprint density at radius 1 is 1.30 bits per heavy atom. The third kappa shape index (κ3) is 2.07. The average Bonchev–Trinajstić information content (AvgIpc) is 2.75. The maximum atomic E-state index is 12.0. The first kappa shape index (κ1) is 12.2. The highest BCUT2D eigenvalue weighted by atomic mass is 16.4. The number of carboxylic acid groups (broad SMARTS) is 1. The fourth-order valence-corrected chi connectivity index (χ4v) is 2.11. The van der Waals surface area contributed by atoms with Gasteiger partial charge in [-0.1, -0.05) is 6.07 Å². The van der Waals surface area contributed by atoms with Crippen molar-refractivity contribution in [2.75, 3.05) is 0 Å². The lowest BCUT2D eigenvalue weighted by Crippen LogP contribution is -2.17. The molecule has 0 amide bonds. The molecule has 0 saturated heterocycles. The average molecular weight is 269 g/mol. The van der Waals surface area contributed by atoms with Crippen LogP contribution in [0.1, 0.15) is 16.1 Å². The number of fused-ring (bicyclic) bond motifs is 1. The normalized spacial score (nSPS) is 10.8. The molecule has 0 fully saturated rings. The number of nitrogens with one attached hydrogen (secondary N) is 1. The van der Waals surface area contributed by atoms with Gasteiger partial charge in [0, 0.05) is 6.20 Å². The largest absolute Gasteiger partial charge is 0.478 e. The van der Waals surface area contributed by atoms with Crippen molar-refractivity contribution >= 4 is 17.0 Å². The number of carbonyl (C=O) groups is 1. The number of hydrogen-bond donors (Lipinski definition) is 2. The van der Waals surface area contributed by atoms with E-state index >= 15 is 0 Å². The number of aromatic carboxylic acids is 1. The summed E-state index contributed by atoms with van der Waals surface area (Å²) in [6.07, 6.45) is 1.66. The highest BCUT2D eigenvalue weighted by Crippen LogP contribution is 2.14. The van der Waals surface area contributed by atoms with Gasteiger partial charge in [0.1, 0.15) is 0 Å². The van der Waals surface area contributed by atoms with Crippen LogP contribution in [0.15, 0.2) is 47.4 Å². The van der Waals surface area contributed by atoms with Crippen molar-refractivity contribution in [3.63, 3.8) is 0 Å². The molecule has 0 spiro atoms. The molecule has 20 heavy (non-hydrogen) atoms. The summed E-state index contributed by atoms with van der Waals surface area (Å²) in [4.78, 5) is 29.7. The van der Waals surface area contributed by atoms with Crippen LogP contribution in [0.5, 0.6) is 0 Å². The number of rotatable bonds is 3. The van der Waals surface area contributed by atoms with Crippen LogP contribution in [0, 0.1) is 0 Å². The smallest absolute Gasteiger partial charge is 0.335 e. The maximum Gasteiger partial charge on any atom is 0.335 e. The number of aromatic amines is 1. The van der Waals surface area contributed by atoms with Gasteiger partial charge in [0.2, 0.25) is 0 Å². The van der Waals surface area contributed by atoms with Crippen LogP contribution in [-0.4, -0.2) is 25.6 Å². The Hall–Kier alpha value is -2.89. The molecule has 0 atom stereocenters. The quantitative estimate of drug-likeness (QED) is 0.753. The zero-order chi connectivity index (χ0) is 14.1. The Kier molecular flexibility index (Phi) is 2.83. The number of pyridine rings is 1. The SMILES string of the molecule is O=C(O)c1ccc2c(c1)[nH]c(=O)n2Cc1ccccn1. The monoisotopic (exact) mass is 269 g/mol. The first-order chi connectivity index (χ1) is 9.65. The molecule has 2 N–H and O–H groups in total. The molecule has 100 valence electrons. The molecular formula is C14H11N3O3. The summed E-state index contributed by atoms with van der Waals surface area (Å²) >= 11 is 0. The van der Waals surface area contributed by atoms with E-state index in [1.54, 1.807) is 18.3 Å². The second kappa shape index (κ2) is 4.65. The number of hydrogen-bond acceptors (Lipinski definition) is 3. The van der Waals surface area contributed by atoms with Crippen molar-refractivity contribution in [3.05, 3.63) is 64.3 Å². The summed E-state index contributed by atoms with van der Waals surface area (Å²) in [6.45, 7) is 0.339. The topological polar surface area (TPSA) is 88.0 Å². The lowest BCUT2D eigenvalue weighted by Gasteiger charge is -2.03. The predicted molar refractivity (Wildman–Crippen MR) is 72.9 cm³/mol. The van der Waals surface area contributed by atoms with Gasteiger partial charge in [0.25, 0.3) is 0 Å². The molecule has 0 unspecified atom stereocenters. The van der Waals surface area contributed by atoms with Crippen molar-refractivity contribution in [2.24, 2.45) is 0 Å². The zero-order valence-electron chi connectivity index (χ0n) is 10.4. The van der Waals surface area contributed by atoms with Crippen molar-refractivity contribution in [3.8, 4) is 0 Å². The van der Waals surface area contributed by atoms with Gasteiger partial charge in [-0.3, -0.25) is 9.55 Å². The summed E-state index contributed by atoms with van der Waals surface area (Å²) < 4.78 is 1.53. The Morgan fingerprint density at radius 2 is 2.15 bits per heavy atom. The van der Waals surface area contributed by atoms with Gasteiger partial charge < -0.3 is 10.1 Å². The van der Waals surface area contributed by atoms with E-state index in [0.29, 0.717) is 17.6 Å². The zero-order valence-corrected chi connectivity index (χ0v) is 10.4. The summed E-state index contributed by atoms with van der Waals surface area (Å²) in [6, 6.07) is 10.0. The number of benzene rings is 1. The van der Waals surface area contributed by atoms with Gasteiger partial charge in [-0.25, -0.2) is 9.59 Å². The van der Waals surface area contributed by atoms with Crippen molar-refractivity contribution in [1.82, 2.24) is 14.5 Å². The second-order valence-electron chi connectivity index (χ2n) is 4.37. The van der Waals surface area contributed by atoms with Crippen LogP contribution in [0.2, 0.25) is 0 Å². The Balaban J connectivity index is 2.10. The van der Waals surface area contributed by atoms with E-state index in [-0.39, 0.29) is 11.3 Å². The molecule has 0 radical (unpaired) electrons. The van der Waals surface area contributed by atoms with Gasteiger partial charge in [0.15, 0.2) is 0 Å². The maximum absolute atomic E-state index is 12.0. The van der Waals surface area contributed by atoms with Crippen LogP contribution in [0.4, 0.5) is 0 Å². The lowest BCUT2D eigenvalue weighted by atomic mass is 10.2. The minimum absolute atomic E-state index is 0.142. The number of nitrogens with zero attached hydrogens (tertiary/aromatic N) is 2. The van der Waals surface area contributed by atoms with E-state index in [9.17, 15) is 9.59 Å². The molecule has 6 nitrogen and oxygen atoms in total. The molecule has 2 heterocycles. The van der Waals surface area contributed by atoms with E-state index in [4.69, 9.17) is 5.11 Å². The van der Waals surface area contributed by atoms with Crippen LogP contribution >= 0.6 is 0 Å². The first-order valence-electron chi connectivity index (χ1n) is 6.01. The Bertz CT molecular complexity index is 834. The summed E-state index contributed by atoms with van der Waals surface area (Å²) in [5.41, 5.74) is 1.78. The number of aromatic nitrogens is 3. The first-order valence-corrected chi connectivity index (χ1v) is 6.01. The molecule has 0 aliphatic carbocycles. The number of imidazole rings is 1. The van der Waals surface area contributed by atoms with Crippen LogP contribution in [-0.2, 0) is 6.54 Å². The lowest BCUT2D eigenvalue weighted by molar-refractivity contribution is 0.0697. The summed E-state index contributed by atoms with van der Waals surface area (Å²) in [5.74, 6) is -1.02. The van der Waals surface area contributed by atoms with Crippen molar-refractivity contribution < 1.29 is 9.90 Å². The second-order valence-corrected chi connectivity index (χ2v) is 4.37. The molecule has 1 aromatic carbocycles. The highest BCUT2D eigenvalue weighted by molar-refractivity contribution is 5.92. The van der Waals surface area contributed by atoms with E-state index in [0.717, 1.165) is 5.69 Å². The van der Waals surface area contributed by atoms with Crippen LogP contribution in [0.3, 0.4) is 0 Å². The van der Waals surface area contributed by atoms with Crippen molar-refractivity contribution in [1.29, 1.82) is 0 Å². The molecular weight excluding hydrogens is 258 g/mol. The fourth-order valence-electron chi connectivity index (χ4n) is 2.11. The molecule has 0 bridgehead atoms. The Morgan fingerprint density at radius 3 is 2.85 bits per heavy atom. The minimum atomic E-state index is -1.02. The van der Waals surface area contributed by atoms with Crippen LogP contribution in [0.25, 0.3) is 11.0 Å². The minimum Gasteiger partial charge on any atom is -0.478 e. The molecule has 0 aliphatic heterocycles. The van der Waals surface area contributed by atoms with Gasteiger partial charge in [0.05, 0.1) is 28.8 Å². The predicted octanol–water partition coefficient (Wildman–Crippen LogP) is 1.47. The fraction of sp³-hybridized carbons (Fsp3) is 0.0714. The van der Waals surface area contributed by atoms with Gasteiger partial charge in [-0.05, 0) is 30.3 Å². The van der Waals surface area contributed by atoms with E-state index in [2.05, 4.69) is 9.97 Å². The van der Waals surface area contributed by atoms with E-state index < -0.39 is 5.97 Å². The third-order valence-electron chi connectivity index (χ3n) is 3.07. The molecule has 0 aliphatic rings. The molecule has 2 aromatic heterocycles. The molecule has 3 rings (SSSR count). The van der Waals surface area contributed by atoms with Gasteiger partial charge in [-0.15, -0.1) is 0 Å². The highest BCUT2D eigenvalue weighted by Gasteiger charge is 2.10. The molecule has 3 aromatic rings. The van der Waals surface area contributed by atoms with Gasteiger partial charge >= 0.3 is 11.7 Å². The van der Waals surface area contributed by atoms with E-state index in [1.165, 1.54) is 16.7 Å². The van der Waals surface area contributed by atoms with Gasteiger partial charge in [-0.2, -0.15) is 0 Å². The Labute approximate surface area is 113 Å². The standard InChI is InChI=1S/C14H11N3O3/c18-13(19)9-4-5-12-11(7-9)16-14(20)17(12)8-10-3-1-2-6-15-10/h1-7H,8H2,(H,16,20)(H,18,19). The molecule has 6 heteroatoms. The molecule has 0 saturated carbocycles.